The normalized spacial score (nSPS) is 19.2. The predicted molar refractivity (Wildman–Crippen MR) is 127 cm³/mol. The molecule has 0 aliphatic carbocycles. The molecular weight excluding hydrogens is 463 g/mol. The molecule has 2 aromatic carbocycles. The van der Waals surface area contributed by atoms with E-state index in [0.717, 1.165) is 11.6 Å². The molecule has 2 unspecified atom stereocenters. The van der Waals surface area contributed by atoms with Crippen LogP contribution in [0.3, 0.4) is 0 Å². The lowest BCUT2D eigenvalue weighted by atomic mass is 10.1. The van der Waals surface area contributed by atoms with E-state index in [1.165, 1.54) is 24.3 Å². The number of hydrogen-bond acceptors (Lipinski definition) is 5. The number of halogens is 2. The van der Waals surface area contributed by atoms with Crippen LogP contribution in [0, 0.1) is 5.82 Å². The fraction of sp³-hybridized carbons (Fsp3) is 0.360. The van der Waals surface area contributed by atoms with Crippen molar-refractivity contribution in [3.8, 4) is 5.75 Å². The van der Waals surface area contributed by atoms with Crippen molar-refractivity contribution in [3.63, 3.8) is 0 Å². The number of piperazine rings is 1. The van der Waals surface area contributed by atoms with Gasteiger partial charge in [-0.3, -0.25) is 14.5 Å². The molecule has 0 bridgehead atoms. The van der Waals surface area contributed by atoms with Gasteiger partial charge in [0.1, 0.15) is 17.3 Å². The molecule has 34 heavy (non-hydrogen) atoms. The lowest BCUT2D eigenvalue weighted by Crippen LogP contribution is -2.58. The SMILES string of the molecule is CC1CN(C(=O)COc2ccc(Cl)cc2/C(O)=C/CC(=O)O)C(C)CN1Cc1ccc(F)cc1. The van der Waals surface area contributed by atoms with Crippen LogP contribution in [-0.4, -0.2) is 63.7 Å². The van der Waals surface area contributed by atoms with Crippen LogP contribution in [0.5, 0.6) is 5.75 Å². The Kier molecular flexibility index (Phi) is 8.52. The first kappa shape index (κ1) is 25.5. The number of carboxylic acids is 1. The van der Waals surface area contributed by atoms with Gasteiger partial charge in [0, 0.05) is 36.7 Å². The van der Waals surface area contributed by atoms with Gasteiger partial charge >= 0.3 is 5.97 Å². The predicted octanol–water partition coefficient (Wildman–Crippen LogP) is 4.35. The third kappa shape index (κ3) is 6.71. The summed E-state index contributed by atoms with van der Waals surface area (Å²) in [6, 6.07) is 11.0. The van der Waals surface area contributed by atoms with Gasteiger partial charge in [-0.2, -0.15) is 0 Å². The Balaban J connectivity index is 1.63. The summed E-state index contributed by atoms with van der Waals surface area (Å²) in [6.07, 6.45) is 0.779. The monoisotopic (exact) mass is 490 g/mol. The topological polar surface area (TPSA) is 90.3 Å². The molecule has 1 aliphatic rings. The second kappa shape index (κ2) is 11.4. The van der Waals surface area contributed by atoms with Gasteiger partial charge in [0.25, 0.3) is 5.91 Å². The Morgan fingerprint density at radius 1 is 1.12 bits per heavy atom. The van der Waals surface area contributed by atoms with Gasteiger partial charge in [-0.15, -0.1) is 0 Å². The summed E-state index contributed by atoms with van der Waals surface area (Å²) in [5.74, 6) is -1.62. The summed E-state index contributed by atoms with van der Waals surface area (Å²) in [6.45, 7) is 5.61. The molecule has 1 heterocycles. The van der Waals surface area contributed by atoms with Crippen molar-refractivity contribution in [2.24, 2.45) is 0 Å². The van der Waals surface area contributed by atoms with Crippen LogP contribution >= 0.6 is 11.6 Å². The lowest BCUT2D eigenvalue weighted by Gasteiger charge is -2.44. The molecule has 0 saturated carbocycles. The molecule has 1 amide bonds. The van der Waals surface area contributed by atoms with Crippen molar-refractivity contribution in [3.05, 3.63) is 70.5 Å². The van der Waals surface area contributed by atoms with E-state index in [0.29, 0.717) is 24.7 Å². The maximum absolute atomic E-state index is 13.2. The minimum absolute atomic E-state index is 0.0544. The molecule has 3 rings (SSSR count). The van der Waals surface area contributed by atoms with Gasteiger partial charge < -0.3 is 19.8 Å². The molecule has 2 N–H and O–H groups in total. The fourth-order valence-corrected chi connectivity index (χ4v) is 4.11. The number of rotatable bonds is 8. The highest BCUT2D eigenvalue weighted by molar-refractivity contribution is 6.30. The Bertz CT molecular complexity index is 1060. The molecule has 0 aromatic heterocycles. The van der Waals surface area contributed by atoms with Crippen molar-refractivity contribution < 1.29 is 28.9 Å². The first-order valence-corrected chi connectivity index (χ1v) is 11.3. The van der Waals surface area contributed by atoms with Crippen LogP contribution in [0.2, 0.25) is 5.02 Å². The highest BCUT2D eigenvalue weighted by Gasteiger charge is 2.32. The minimum atomic E-state index is -1.09. The smallest absolute Gasteiger partial charge is 0.307 e. The number of carboxylic acid groups (broad SMARTS) is 1. The molecule has 7 nitrogen and oxygen atoms in total. The largest absolute Gasteiger partial charge is 0.508 e. The molecule has 9 heteroatoms. The Morgan fingerprint density at radius 3 is 2.50 bits per heavy atom. The first-order chi connectivity index (χ1) is 16.1. The third-order valence-corrected chi connectivity index (χ3v) is 6.01. The maximum atomic E-state index is 13.2. The first-order valence-electron chi connectivity index (χ1n) is 11.0. The average Bonchev–Trinajstić information content (AvgIpc) is 2.80. The van der Waals surface area contributed by atoms with Crippen LogP contribution in [-0.2, 0) is 16.1 Å². The number of hydrogen-bond donors (Lipinski definition) is 2. The second-order valence-electron chi connectivity index (χ2n) is 8.42. The summed E-state index contributed by atoms with van der Waals surface area (Å²) in [7, 11) is 0. The zero-order valence-corrected chi connectivity index (χ0v) is 19.8. The summed E-state index contributed by atoms with van der Waals surface area (Å²) < 4.78 is 18.9. The number of ether oxygens (including phenoxy) is 1. The highest BCUT2D eigenvalue weighted by Crippen LogP contribution is 2.29. The second-order valence-corrected chi connectivity index (χ2v) is 8.85. The van der Waals surface area contributed by atoms with Crippen molar-refractivity contribution >= 4 is 29.2 Å². The van der Waals surface area contributed by atoms with E-state index in [9.17, 15) is 19.1 Å². The van der Waals surface area contributed by atoms with Gasteiger partial charge in [-0.05, 0) is 55.8 Å². The number of aliphatic carboxylic acids is 1. The van der Waals surface area contributed by atoms with Gasteiger partial charge in [-0.1, -0.05) is 23.7 Å². The zero-order valence-electron chi connectivity index (χ0n) is 19.1. The summed E-state index contributed by atoms with van der Waals surface area (Å²) in [5.41, 5.74) is 1.22. The number of aliphatic hydroxyl groups is 1. The number of benzene rings is 2. The molecule has 1 fully saturated rings. The van der Waals surface area contributed by atoms with Crippen molar-refractivity contribution in [2.45, 2.75) is 38.9 Å². The summed E-state index contributed by atoms with van der Waals surface area (Å²) in [5, 5.41) is 19.4. The van der Waals surface area contributed by atoms with Gasteiger partial charge in [-0.25, -0.2) is 4.39 Å². The van der Waals surface area contributed by atoms with Crippen LogP contribution in [0.1, 0.15) is 31.4 Å². The number of nitrogens with zero attached hydrogens (tertiary/aromatic N) is 2. The Labute approximate surface area is 203 Å². The molecule has 0 spiro atoms. The lowest BCUT2D eigenvalue weighted by molar-refractivity contribution is -0.139. The van der Waals surface area contributed by atoms with Gasteiger partial charge in [0.05, 0.1) is 12.0 Å². The van der Waals surface area contributed by atoms with Crippen molar-refractivity contribution in [1.29, 1.82) is 0 Å². The van der Waals surface area contributed by atoms with E-state index in [2.05, 4.69) is 4.90 Å². The van der Waals surface area contributed by atoms with E-state index in [-0.39, 0.29) is 53.9 Å². The van der Waals surface area contributed by atoms with E-state index in [1.807, 2.05) is 13.8 Å². The van der Waals surface area contributed by atoms with Gasteiger partial charge in [0.2, 0.25) is 0 Å². The molecule has 182 valence electrons. The molecule has 2 aromatic rings. The molecule has 1 aliphatic heterocycles. The highest BCUT2D eigenvalue weighted by atomic mass is 35.5. The van der Waals surface area contributed by atoms with Crippen LogP contribution in [0.25, 0.3) is 5.76 Å². The van der Waals surface area contributed by atoms with Crippen LogP contribution in [0.4, 0.5) is 4.39 Å². The van der Waals surface area contributed by atoms with Crippen LogP contribution in [0.15, 0.2) is 48.5 Å². The number of carbonyl (C=O) groups excluding carboxylic acids is 1. The molecular formula is C25H28ClFN2O5. The van der Waals surface area contributed by atoms with Crippen LogP contribution < -0.4 is 4.74 Å². The van der Waals surface area contributed by atoms with Crippen molar-refractivity contribution in [1.82, 2.24) is 9.80 Å². The third-order valence-electron chi connectivity index (χ3n) is 5.77. The maximum Gasteiger partial charge on any atom is 0.307 e. The van der Waals surface area contributed by atoms with Gasteiger partial charge in [0.15, 0.2) is 6.61 Å². The molecule has 2 atom stereocenters. The molecule has 0 radical (unpaired) electrons. The Morgan fingerprint density at radius 2 is 1.82 bits per heavy atom. The standard InChI is InChI=1S/C25H28ClFN2O5/c1-16-13-29(17(2)12-28(16)14-18-3-6-20(27)7-4-18)24(31)15-34-23-9-5-19(26)11-21(23)22(30)8-10-25(32)33/h3-9,11,16-17,30H,10,12-15H2,1-2H3,(H,32,33)/b22-8-. The quantitative estimate of drug-likeness (QED) is 0.534. The Hall–Kier alpha value is -3.10. The fourth-order valence-electron chi connectivity index (χ4n) is 3.93. The zero-order chi connectivity index (χ0) is 24.8. The number of carbonyl (C=O) groups is 2. The summed E-state index contributed by atoms with van der Waals surface area (Å²) >= 11 is 6.01. The number of amides is 1. The van der Waals surface area contributed by atoms with Crippen molar-refractivity contribution in [2.75, 3.05) is 19.7 Å². The van der Waals surface area contributed by atoms with E-state index >= 15 is 0 Å². The molecule has 1 saturated heterocycles. The van der Waals surface area contributed by atoms with E-state index in [1.54, 1.807) is 23.1 Å². The summed E-state index contributed by atoms with van der Waals surface area (Å²) in [4.78, 5) is 27.8. The number of aliphatic hydroxyl groups excluding tert-OH is 1. The average molecular weight is 491 g/mol. The van der Waals surface area contributed by atoms with E-state index < -0.39 is 5.97 Å². The minimum Gasteiger partial charge on any atom is -0.508 e. The van der Waals surface area contributed by atoms with E-state index in [4.69, 9.17) is 21.4 Å².